The smallest absolute Gasteiger partial charge is 0.358 e. The Labute approximate surface area is 199 Å². The maximum absolute atomic E-state index is 12.4. The number of methoxy groups -OCH3 is 1. The highest BCUT2D eigenvalue weighted by Gasteiger charge is 2.21. The number of rotatable bonds is 7. The van der Waals surface area contributed by atoms with E-state index in [4.69, 9.17) is 9.47 Å². The van der Waals surface area contributed by atoms with Crippen LogP contribution in [0.3, 0.4) is 0 Å². The van der Waals surface area contributed by atoms with Crippen LogP contribution in [0.25, 0.3) is 16.9 Å². The Bertz CT molecular complexity index is 1130. The molecule has 2 heterocycles. The summed E-state index contributed by atoms with van der Waals surface area (Å²) in [5.74, 6) is 0.500. The van der Waals surface area contributed by atoms with Gasteiger partial charge in [0.25, 0.3) is 0 Å². The van der Waals surface area contributed by atoms with Gasteiger partial charge in [0, 0.05) is 43.9 Å². The fourth-order valence-electron chi connectivity index (χ4n) is 4.09. The van der Waals surface area contributed by atoms with Crippen molar-refractivity contribution in [3.05, 3.63) is 60.3 Å². The zero-order valence-corrected chi connectivity index (χ0v) is 19.9. The van der Waals surface area contributed by atoms with Crippen LogP contribution in [0, 0.1) is 0 Å². The van der Waals surface area contributed by atoms with E-state index in [0.29, 0.717) is 6.42 Å². The highest BCUT2D eigenvalue weighted by atomic mass is 16.5. The van der Waals surface area contributed by atoms with E-state index >= 15 is 0 Å². The Morgan fingerprint density at radius 2 is 1.56 bits per heavy atom. The summed E-state index contributed by atoms with van der Waals surface area (Å²) < 4.78 is 12.2. The van der Waals surface area contributed by atoms with Crippen molar-refractivity contribution in [2.45, 2.75) is 20.3 Å². The first kappa shape index (κ1) is 23.4. The molecule has 1 saturated heterocycles. The van der Waals surface area contributed by atoms with Gasteiger partial charge in [-0.25, -0.2) is 9.48 Å². The lowest BCUT2D eigenvalue weighted by molar-refractivity contribution is -0.131. The molecule has 8 nitrogen and oxygen atoms in total. The third-order valence-corrected chi connectivity index (χ3v) is 5.97. The number of carbonyl (C=O) groups is 2. The number of benzene rings is 2. The molecule has 0 bridgehead atoms. The Morgan fingerprint density at radius 1 is 0.912 bits per heavy atom. The topological polar surface area (TPSA) is 76.9 Å². The van der Waals surface area contributed by atoms with Gasteiger partial charge in [0.2, 0.25) is 5.91 Å². The number of carbonyl (C=O) groups excluding carboxylic acids is 2. The molecule has 3 aromatic rings. The summed E-state index contributed by atoms with van der Waals surface area (Å²) in [6.07, 6.45) is 0.546. The predicted molar refractivity (Wildman–Crippen MR) is 131 cm³/mol. The number of hydrogen-bond acceptors (Lipinski definition) is 6. The number of hydrogen-bond donors (Lipinski definition) is 0. The molecule has 0 radical (unpaired) electrons. The minimum absolute atomic E-state index is 0.208. The second kappa shape index (κ2) is 10.4. The average Bonchev–Trinajstić information content (AvgIpc) is 3.34. The Kier molecular flexibility index (Phi) is 7.15. The molecule has 34 heavy (non-hydrogen) atoms. The Balaban J connectivity index is 1.60. The maximum Gasteiger partial charge on any atom is 0.358 e. The van der Waals surface area contributed by atoms with E-state index in [2.05, 4.69) is 22.1 Å². The highest BCUT2D eigenvalue weighted by molar-refractivity contribution is 5.89. The number of piperazine rings is 1. The molecule has 2 aromatic carbocycles. The molecule has 1 fully saturated rings. The lowest BCUT2D eigenvalue weighted by Crippen LogP contribution is -2.48. The van der Waals surface area contributed by atoms with Gasteiger partial charge in [0.15, 0.2) is 5.69 Å². The molecule has 4 rings (SSSR count). The number of aromatic nitrogens is 2. The summed E-state index contributed by atoms with van der Waals surface area (Å²) in [5, 5.41) is 4.53. The summed E-state index contributed by atoms with van der Waals surface area (Å²) >= 11 is 0. The largest absolute Gasteiger partial charge is 0.497 e. The molecule has 1 amide bonds. The molecule has 1 aliphatic heterocycles. The van der Waals surface area contributed by atoms with E-state index in [1.54, 1.807) is 24.8 Å². The lowest BCUT2D eigenvalue weighted by Gasteiger charge is -2.36. The minimum Gasteiger partial charge on any atom is -0.497 e. The molecule has 8 heteroatoms. The molecule has 178 valence electrons. The van der Waals surface area contributed by atoms with Crippen molar-refractivity contribution in [2.24, 2.45) is 0 Å². The first-order chi connectivity index (χ1) is 16.5. The first-order valence-electron chi connectivity index (χ1n) is 11.6. The number of nitrogens with zero attached hydrogens (tertiary/aromatic N) is 4. The number of ether oxygens (including phenoxy) is 2. The van der Waals surface area contributed by atoms with Crippen LogP contribution in [-0.2, 0) is 9.53 Å². The van der Waals surface area contributed by atoms with Crippen LogP contribution in [0.15, 0.2) is 54.6 Å². The van der Waals surface area contributed by atoms with Crippen LogP contribution in [0.1, 0.15) is 30.8 Å². The van der Waals surface area contributed by atoms with Crippen molar-refractivity contribution in [3.63, 3.8) is 0 Å². The molecular formula is C26H30N4O4. The van der Waals surface area contributed by atoms with E-state index < -0.39 is 5.97 Å². The van der Waals surface area contributed by atoms with Crippen molar-refractivity contribution < 1.29 is 19.1 Å². The quantitative estimate of drug-likeness (QED) is 0.498. The zero-order valence-electron chi connectivity index (χ0n) is 19.9. The minimum atomic E-state index is -0.452. The fraction of sp³-hybridized carbons (Fsp3) is 0.346. The summed E-state index contributed by atoms with van der Waals surface area (Å²) in [6, 6.07) is 17.5. The third kappa shape index (κ3) is 4.90. The van der Waals surface area contributed by atoms with E-state index in [0.717, 1.165) is 54.6 Å². The van der Waals surface area contributed by atoms with E-state index in [9.17, 15) is 9.59 Å². The molecule has 0 spiro atoms. The van der Waals surface area contributed by atoms with Crippen molar-refractivity contribution in [3.8, 4) is 22.7 Å². The van der Waals surface area contributed by atoms with Crippen LogP contribution in [-0.4, -0.2) is 66.5 Å². The Morgan fingerprint density at radius 3 is 2.15 bits per heavy atom. The van der Waals surface area contributed by atoms with Gasteiger partial charge in [0.05, 0.1) is 25.1 Å². The standard InChI is InChI=1S/C26H30N4O4/c1-4-25(31)29-16-14-28(15-17-29)20-8-6-19(7-9-20)24-18-23(26(32)34-5-2)27-30(24)21-10-12-22(33-3)13-11-21/h6-13,18H,4-5,14-17H2,1-3H3. The van der Waals surface area contributed by atoms with Gasteiger partial charge in [-0.1, -0.05) is 19.1 Å². The van der Waals surface area contributed by atoms with E-state index in [-0.39, 0.29) is 18.2 Å². The Hall–Kier alpha value is -3.81. The zero-order chi connectivity index (χ0) is 24.1. The van der Waals surface area contributed by atoms with Gasteiger partial charge in [-0.3, -0.25) is 4.79 Å². The summed E-state index contributed by atoms with van der Waals surface area (Å²) in [4.78, 5) is 28.5. The third-order valence-electron chi connectivity index (χ3n) is 5.97. The lowest BCUT2D eigenvalue weighted by atomic mass is 10.1. The van der Waals surface area contributed by atoms with Crippen molar-refractivity contribution >= 4 is 17.6 Å². The van der Waals surface area contributed by atoms with Crippen LogP contribution >= 0.6 is 0 Å². The van der Waals surface area contributed by atoms with Crippen molar-refractivity contribution in [1.29, 1.82) is 0 Å². The molecule has 0 saturated carbocycles. The SMILES string of the molecule is CCOC(=O)c1cc(-c2ccc(N3CCN(C(=O)CC)CC3)cc2)n(-c2ccc(OC)cc2)n1. The molecule has 1 aromatic heterocycles. The monoisotopic (exact) mass is 462 g/mol. The van der Waals surface area contributed by atoms with Gasteiger partial charge in [-0.15, -0.1) is 0 Å². The van der Waals surface area contributed by atoms with Crippen LogP contribution in [0.4, 0.5) is 5.69 Å². The second-order valence-corrected chi connectivity index (χ2v) is 8.01. The van der Waals surface area contributed by atoms with Crippen LogP contribution in [0.2, 0.25) is 0 Å². The number of esters is 1. The van der Waals surface area contributed by atoms with Gasteiger partial charge < -0.3 is 19.3 Å². The van der Waals surface area contributed by atoms with Gasteiger partial charge in [-0.2, -0.15) is 5.10 Å². The number of anilines is 1. The van der Waals surface area contributed by atoms with Crippen molar-refractivity contribution in [2.75, 3.05) is 44.8 Å². The second-order valence-electron chi connectivity index (χ2n) is 8.01. The normalized spacial score (nSPS) is 13.6. The summed E-state index contributed by atoms with van der Waals surface area (Å²) in [7, 11) is 1.62. The predicted octanol–water partition coefficient (Wildman–Crippen LogP) is 3.78. The van der Waals surface area contributed by atoms with Crippen LogP contribution < -0.4 is 9.64 Å². The van der Waals surface area contributed by atoms with Crippen molar-refractivity contribution in [1.82, 2.24) is 14.7 Å². The highest BCUT2D eigenvalue weighted by Crippen LogP contribution is 2.28. The molecule has 0 atom stereocenters. The van der Waals surface area contributed by atoms with Gasteiger partial charge in [-0.05, 0) is 49.4 Å². The summed E-state index contributed by atoms with van der Waals surface area (Å²) in [5.41, 5.74) is 3.90. The first-order valence-corrected chi connectivity index (χ1v) is 11.6. The van der Waals surface area contributed by atoms with Gasteiger partial charge >= 0.3 is 5.97 Å². The molecular weight excluding hydrogens is 432 g/mol. The molecule has 0 unspecified atom stereocenters. The van der Waals surface area contributed by atoms with E-state index in [1.165, 1.54) is 0 Å². The van der Waals surface area contributed by atoms with Gasteiger partial charge in [0.1, 0.15) is 5.75 Å². The maximum atomic E-state index is 12.4. The molecule has 0 N–H and O–H groups in total. The molecule has 0 aliphatic carbocycles. The average molecular weight is 463 g/mol. The van der Waals surface area contributed by atoms with E-state index in [1.807, 2.05) is 48.2 Å². The fourth-order valence-corrected chi connectivity index (χ4v) is 4.09. The number of amides is 1. The molecule has 1 aliphatic rings. The van der Waals surface area contributed by atoms with Crippen LogP contribution in [0.5, 0.6) is 5.75 Å². The summed E-state index contributed by atoms with van der Waals surface area (Å²) in [6.45, 7) is 7.05.